The summed E-state index contributed by atoms with van der Waals surface area (Å²) in [5, 5.41) is 12.4. The monoisotopic (exact) mass is 331 g/mol. The molecule has 24 heavy (non-hydrogen) atoms. The van der Waals surface area contributed by atoms with Crippen molar-refractivity contribution in [2.75, 3.05) is 18.0 Å². The van der Waals surface area contributed by atoms with Crippen molar-refractivity contribution in [1.82, 2.24) is 10.2 Å². The lowest BCUT2D eigenvalue weighted by molar-refractivity contribution is -0.125. The molecular weight excluding hydrogens is 306 g/mol. The number of carbonyl (C=O) groups excluding carboxylic acids is 1. The third-order valence-electron chi connectivity index (χ3n) is 5.13. The molecule has 2 amide bonds. The van der Waals surface area contributed by atoms with Crippen LogP contribution in [0.3, 0.4) is 0 Å². The minimum Gasteiger partial charge on any atom is -0.465 e. The Morgan fingerprint density at radius 2 is 1.79 bits per heavy atom. The number of nitrogens with one attached hydrogen (secondary N) is 1. The second-order valence-electron chi connectivity index (χ2n) is 7.75. The summed E-state index contributed by atoms with van der Waals surface area (Å²) in [6, 6.07) is 9.94. The molecule has 2 aliphatic rings. The van der Waals surface area contributed by atoms with Crippen molar-refractivity contribution < 1.29 is 14.7 Å². The molecule has 2 heterocycles. The second kappa shape index (κ2) is 5.69. The lowest BCUT2D eigenvalue weighted by atomic mass is 9.84. The van der Waals surface area contributed by atoms with Gasteiger partial charge in [-0.25, -0.2) is 4.79 Å². The van der Waals surface area contributed by atoms with Gasteiger partial charge in [0.05, 0.1) is 0 Å². The maximum atomic E-state index is 12.9. The van der Waals surface area contributed by atoms with Crippen LogP contribution >= 0.6 is 0 Å². The Hall–Kier alpha value is -2.24. The highest BCUT2D eigenvalue weighted by Gasteiger charge is 2.57. The average Bonchev–Trinajstić information content (AvgIpc) is 2.82. The van der Waals surface area contributed by atoms with Crippen LogP contribution in [0.25, 0.3) is 0 Å². The second-order valence-corrected chi connectivity index (χ2v) is 7.75. The Kier molecular flexibility index (Phi) is 3.94. The van der Waals surface area contributed by atoms with Gasteiger partial charge in [-0.3, -0.25) is 4.79 Å². The zero-order chi connectivity index (χ0) is 17.5. The normalized spacial score (nSPS) is 23.5. The first-order chi connectivity index (χ1) is 11.3. The van der Waals surface area contributed by atoms with Gasteiger partial charge >= 0.3 is 6.09 Å². The summed E-state index contributed by atoms with van der Waals surface area (Å²) in [6.07, 6.45) is -0.0233. The Balaban J connectivity index is 2.00. The number of carboxylic acid groups (broad SMARTS) is 1. The van der Waals surface area contributed by atoms with Crippen molar-refractivity contribution in [3.63, 3.8) is 0 Å². The molecule has 2 N–H and O–H groups in total. The zero-order valence-electron chi connectivity index (χ0n) is 14.5. The minimum atomic E-state index is -0.915. The molecule has 1 atom stereocenters. The van der Waals surface area contributed by atoms with Crippen molar-refractivity contribution in [3.05, 3.63) is 30.3 Å². The summed E-state index contributed by atoms with van der Waals surface area (Å²) >= 11 is 0. The average molecular weight is 331 g/mol. The first-order valence-electron chi connectivity index (χ1n) is 8.39. The number of hydrogen-bond acceptors (Lipinski definition) is 3. The Bertz CT molecular complexity index is 631. The molecule has 1 aromatic rings. The van der Waals surface area contributed by atoms with E-state index in [1.54, 1.807) is 0 Å². The van der Waals surface area contributed by atoms with E-state index in [2.05, 4.69) is 31.0 Å². The van der Waals surface area contributed by atoms with Crippen molar-refractivity contribution in [3.8, 4) is 0 Å². The fraction of sp³-hybridized carbons (Fsp3) is 0.556. The predicted molar refractivity (Wildman–Crippen MR) is 91.9 cm³/mol. The number of piperidine rings is 1. The highest BCUT2D eigenvalue weighted by atomic mass is 16.4. The standard InChI is InChI=1S/C18H25N3O3/c1-17(2,3)14-19-15(22)18(9-11-20(12-10-18)16(23)24)21(14)13-7-5-4-6-8-13/h4-8,14H,9-12H2,1-3H3,(H,19,22)(H,23,24). The Labute approximate surface area is 142 Å². The van der Waals surface area contributed by atoms with E-state index < -0.39 is 11.6 Å². The van der Waals surface area contributed by atoms with E-state index in [1.807, 2.05) is 30.3 Å². The van der Waals surface area contributed by atoms with Crippen LogP contribution in [0, 0.1) is 5.41 Å². The molecule has 2 saturated heterocycles. The fourth-order valence-electron chi connectivity index (χ4n) is 3.80. The van der Waals surface area contributed by atoms with Crippen LogP contribution in [0.5, 0.6) is 0 Å². The number of anilines is 1. The predicted octanol–water partition coefficient (Wildman–Crippen LogP) is 2.51. The molecule has 0 aromatic heterocycles. The first-order valence-corrected chi connectivity index (χ1v) is 8.39. The van der Waals surface area contributed by atoms with Crippen LogP contribution in [-0.2, 0) is 4.79 Å². The number of carbonyl (C=O) groups is 2. The molecule has 2 aliphatic heterocycles. The molecule has 0 radical (unpaired) electrons. The number of benzene rings is 1. The minimum absolute atomic E-state index is 0.0105. The van der Waals surface area contributed by atoms with Crippen LogP contribution < -0.4 is 10.2 Å². The van der Waals surface area contributed by atoms with E-state index in [9.17, 15) is 14.7 Å². The van der Waals surface area contributed by atoms with E-state index >= 15 is 0 Å². The lowest BCUT2D eigenvalue weighted by Crippen LogP contribution is -2.59. The van der Waals surface area contributed by atoms with E-state index in [4.69, 9.17) is 0 Å². The molecule has 130 valence electrons. The summed E-state index contributed by atoms with van der Waals surface area (Å²) in [5.41, 5.74) is 0.184. The van der Waals surface area contributed by atoms with Crippen LogP contribution in [0.15, 0.2) is 30.3 Å². The van der Waals surface area contributed by atoms with Gasteiger partial charge in [0.1, 0.15) is 11.7 Å². The molecule has 0 aliphatic carbocycles. The number of hydrogen-bond donors (Lipinski definition) is 2. The molecule has 1 aromatic carbocycles. The van der Waals surface area contributed by atoms with Crippen molar-refractivity contribution in [1.29, 1.82) is 0 Å². The van der Waals surface area contributed by atoms with Gasteiger partial charge in [0, 0.05) is 24.2 Å². The Morgan fingerprint density at radius 3 is 2.29 bits per heavy atom. The maximum absolute atomic E-state index is 12.9. The van der Waals surface area contributed by atoms with Gasteiger partial charge in [-0.05, 0) is 25.0 Å². The number of likely N-dealkylation sites (tertiary alicyclic amines) is 1. The van der Waals surface area contributed by atoms with E-state index in [1.165, 1.54) is 4.90 Å². The topological polar surface area (TPSA) is 72.9 Å². The Morgan fingerprint density at radius 1 is 1.21 bits per heavy atom. The van der Waals surface area contributed by atoms with Gasteiger partial charge in [-0.2, -0.15) is 0 Å². The van der Waals surface area contributed by atoms with Crippen molar-refractivity contribution in [2.45, 2.75) is 45.3 Å². The number of nitrogens with zero attached hydrogens (tertiary/aromatic N) is 2. The molecule has 6 heteroatoms. The lowest BCUT2D eigenvalue weighted by Gasteiger charge is -2.46. The van der Waals surface area contributed by atoms with Crippen LogP contribution in [-0.4, -0.2) is 46.8 Å². The van der Waals surface area contributed by atoms with Crippen LogP contribution in [0.2, 0.25) is 0 Å². The first kappa shape index (κ1) is 16.6. The maximum Gasteiger partial charge on any atom is 0.407 e. The van der Waals surface area contributed by atoms with Gasteiger partial charge in [-0.1, -0.05) is 39.0 Å². The fourth-order valence-corrected chi connectivity index (χ4v) is 3.80. The van der Waals surface area contributed by atoms with Crippen LogP contribution in [0.4, 0.5) is 10.5 Å². The summed E-state index contributed by atoms with van der Waals surface area (Å²) in [5.74, 6) is 0.0105. The molecule has 0 bridgehead atoms. The van der Waals surface area contributed by atoms with Gasteiger partial charge in [0.15, 0.2) is 0 Å². The molecule has 0 saturated carbocycles. The molecule has 3 rings (SSSR count). The van der Waals surface area contributed by atoms with E-state index in [-0.39, 0.29) is 17.5 Å². The molecular formula is C18H25N3O3. The molecule has 1 spiro atoms. The SMILES string of the molecule is CC(C)(C)C1NC(=O)C2(CCN(C(=O)O)CC2)N1c1ccccc1. The third kappa shape index (κ3) is 2.60. The van der Waals surface area contributed by atoms with Gasteiger partial charge < -0.3 is 20.2 Å². The smallest absolute Gasteiger partial charge is 0.407 e. The summed E-state index contributed by atoms with van der Waals surface area (Å²) in [7, 11) is 0. The zero-order valence-corrected chi connectivity index (χ0v) is 14.5. The number of amides is 2. The summed E-state index contributed by atoms with van der Waals surface area (Å²) < 4.78 is 0. The van der Waals surface area contributed by atoms with Gasteiger partial charge in [-0.15, -0.1) is 0 Å². The molecule has 1 unspecified atom stereocenters. The van der Waals surface area contributed by atoms with Crippen LogP contribution in [0.1, 0.15) is 33.6 Å². The highest BCUT2D eigenvalue weighted by Crippen LogP contribution is 2.42. The summed E-state index contributed by atoms with van der Waals surface area (Å²) in [6.45, 7) is 7.09. The van der Waals surface area contributed by atoms with Crippen molar-refractivity contribution >= 4 is 17.7 Å². The van der Waals surface area contributed by atoms with Gasteiger partial charge in [0.25, 0.3) is 0 Å². The van der Waals surface area contributed by atoms with Crippen molar-refractivity contribution in [2.24, 2.45) is 5.41 Å². The third-order valence-corrected chi connectivity index (χ3v) is 5.13. The highest BCUT2D eigenvalue weighted by molar-refractivity contribution is 5.94. The molecule has 6 nitrogen and oxygen atoms in total. The van der Waals surface area contributed by atoms with E-state index in [0.29, 0.717) is 25.9 Å². The summed E-state index contributed by atoms with van der Waals surface area (Å²) in [4.78, 5) is 27.8. The molecule has 2 fully saturated rings. The number of rotatable bonds is 1. The van der Waals surface area contributed by atoms with Gasteiger partial charge in [0.2, 0.25) is 5.91 Å². The quantitative estimate of drug-likeness (QED) is 0.829. The number of para-hydroxylation sites is 1. The largest absolute Gasteiger partial charge is 0.465 e. The van der Waals surface area contributed by atoms with E-state index in [0.717, 1.165) is 5.69 Å².